The van der Waals surface area contributed by atoms with E-state index >= 15 is 0 Å². The molecule has 2 aliphatic rings. The molecule has 0 aromatic heterocycles. The summed E-state index contributed by atoms with van der Waals surface area (Å²) < 4.78 is 175. The quantitative estimate of drug-likeness (QED) is 0.440. The molecule has 0 bridgehead atoms. The fraction of sp³-hybridized carbons (Fsp3) is 1.00. The Hall–Kier alpha value is -1.00. The van der Waals surface area contributed by atoms with Crippen LogP contribution >= 0.6 is 0 Å². The summed E-state index contributed by atoms with van der Waals surface area (Å²) in [5.41, 5.74) is 0. The van der Waals surface area contributed by atoms with Crippen molar-refractivity contribution in [3.8, 4) is 0 Å². The summed E-state index contributed by atoms with van der Waals surface area (Å²) in [6, 6.07) is 0. The van der Waals surface area contributed by atoms with Gasteiger partial charge in [-0.2, -0.15) is 52.7 Å². The Balaban J connectivity index is 2.25. The molecule has 0 saturated heterocycles. The number of hydrogen-bond acceptors (Lipinski definition) is 4. The van der Waals surface area contributed by atoms with Crippen molar-refractivity contribution < 1.29 is 71.6 Å². The van der Waals surface area contributed by atoms with E-state index in [1.54, 1.807) is 0 Å². The first-order valence-electron chi connectivity index (χ1n) is 7.07. The molecule has 2 aliphatic carbocycles. The van der Waals surface area contributed by atoms with Crippen LogP contribution in [0.1, 0.15) is 6.92 Å². The van der Waals surface area contributed by atoms with Gasteiger partial charge in [0.25, 0.3) is 0 Å². The average molecular weight is 446 g/mol. The topological polar surface area (TPSA) is 36.9 Å². The number of hydrogen-bond donors (Lipinski definition) is 0. The maximum Gasteiger partial charge on any atom is 0.379 e. The third kappa shape index (κ3) is 1.95. The van der Waals surface area contributed by atoms with E-state index in [-0.39, 0.29) is 7.11 Å². The molecule has 4 unspecified atom stereocenters. The lowest BCUT2D eigenvalue weighted by Gasteiger charge is -2.57. The van der Waals surface area contributed by atoms with E-state index in [0.29, 0.717) is 0 Å². The summed E-state index contributed by atoms with van der Waals surface area (Å²) in [6.45, 7) is -2.99. The van der Waals surface area contributed by atoms with Gasteiger partial charge >= 0.3 is 47.1 Å². The monoisotopic (exact) mass is 446 g/mol. The van der Waals surface area contributed by atoms with Crippen molar-refractivity contribution in [1.29, 1.82) is 0 Å². The van der Waals surface area contributed by atoms with Crippen molar-refractivity contribution in [2.24, 2.45) is 0 Å². The summed E-state index contributed by atoms with van der Waals surface area (Å²) in [5.74, 6) is -44.9. The van der Waals surface area contributed by atoms with Crippen LogP contribution in [-0.4, -0.2) is 67.6 Å². The summed E-state index contributed by atoms with van der Waals surface area (Å²) in [5, 5.41) is 0. The zero-order valence-electron chi connectivity index (χ0n) is 13.6. The first-order chi connectivity index (χ1) is 12.3. The molecule has 0 aromatic carbocycles. The summed E-state index contributed by atoms with van der Waals surface area (Å²) in [6.07, 6.45) is 0. The van der Waals surface area contributed by atoms with Gasteiger partial charge in [-0.15, -0.1) is 0 Å². The van der Waals surface area contributed by atoms with Crippen LogP contribution in [0.2, 0.25) is 0 Å². The summed E-state index contributed by atoms with van der Waals surface area (Å²) in [7, 11) is 0.000649. The van der Waals surface area contributed by atoms with Gasteiger partial charge in [-0.3, -0.25) is 0 Å². The molecule has 0 heterocycles. The maximum atomic E-state index is 14.1. The highest BCUT2D eigenvalue weighted by molar-refractivity contribution is 5.25. The molecule has 4 nitrogen and oxygen atoms in total. The van der Waals surface area contributed by atoms with Crippen molar-refractivity contribution in [1.82, 2.24) is 0 Å². The Morgan fingerprint density at radius 2 is 0.786 bits per heavy atom. The van der Waals surface area contributed by atoms with Crippen LogP contribution in [0.15, 0.2) is 0 Å². The molecule has 28 heavy (non-hydrogen) atoms. The molecular weight excluding hydrogens is 436 g/mol. The molecule has 0 radical (unpaired) electrons. The van der Waals surface area contributed by atoms with Gasteiger partial charge < -0.3 is 18.9 Å². The predicted octanol–water partition coefficient (Wildman–Crippen LogP) is 3.89. The third-order valence-corrected chi connectivity index (χ3v) is 4.37. The van der Waals surface area contributed by atoms with Gasteiger partial charge in [0.15, 0.2) is 6.79 Å². The second-order valence-electron chi connectivity index (χ2n) is 5.72. The molecule has 0 spiro atoms. The smallest absolute Gasteiger partial charge is 0.340 e. The minimum atomic E-state index is -5.99. The minimum Gasteiger partial charge on any atom is -0.340 e. The standard InChI is InChI=1S/C12H10F12O4/c1-3-26-11(23)7(17,18)8(19,20)12(11,24)28-4-27-10(22)6(15,16)5(13,14)9(10,21)25-2/h3-4H2,1-2H3. The molecule has 0 aliphatic heterocycles. The first-order valence-corrected chi connectivity index (χ1v) is 7.07. The van der Waals surface area contributed by atoms with Crippen molar-refractivity contribution in [3.05, 3.63) is 0 Å². The predicted molar refractivity (Wildman–Crippen MR) is 60.8 cm³/mol. The van der Waals surface area contributed by atoms with E-state index in [9.17, 15) is 52.7 Å². The molecule has 4 atom stereocenters. The van der Waals surface area contributed by atoms with E-state index in [1.165, 1.54) is 0 Å². The van der Waals surface area contributed by atoms with Crippen LogP contribution in [0.5, 0.6) is 0 Å². The number of methoxy groups -OCH3 is 1. The number of alkyl halides is 12. The van der Waals surface area contributed by atoms with Gasteiger partial charge in [0.1, 0.15) is 0 Å². The largest absolute Gasteiger partial charge is 0.379 e. The summed E-state index contributed by atoms with van der Waals surface area (Å²) in [4.78, 5) is 0. The number of halogens is 12. The Kier molecular flexibility index (Phi) is 4.81. The van der Waals surface area contributed by atoms with E-state index in [4.69, 9.17) is 0 Å². The minimum absolute atomic E-state index is 0.000649. The fourth-order valence-electron chi connectivity index (χ4n) is 2.69. The lowest BCUT2D eigenvalue weighted by molar-refractivity contribution is -0.582. The second-order valence-corrected chi connectivity index (χ2v) is 5.72. The van der Waals surface area contributed by atoms with Crippen LogP contribution in [0.4, 0.5) is 52.7 Å². The molecule has 0 N–H and O–H groups in total. The van der Waals surface area contributed by atoms with Crippen molar-refractivity contribution in [2.45, 2.75) is 54.0 Å². The Bertz CT molecular complexity index is 646. The van der Waals surface area contributed by atoms with Gasteiger partial charge in [-0.25, -0.2) is 0 Å². The lowest BCUT2D eigenvalue weighted by atomic mass is 9.76. The Morgan fingerprint density at radius 1 is 0.500 bits per heavy atom. The zero-order valence-corrected chi connectivity index (χ0v) is 13.6. The third-order valence-electron chi connectivity index (χ3n) is 4.37. The molecule has 0 aromatic rings. The van der Waals surface area contributed by atoms with Crippen LogP contribution in [0.25, 0.3) is 0 Å². The highest BCUT2D eigenvalue weighted by atomic mass is 19.3. The van der Waals surface area contributed by atoms with Crippen LogP contribution < -0.4 is 0 Å². The first kappa shape index (κ1) is 23.3. The van der Waals surface area contributed by atoms with Crippen molar-refractivity contribution >= 4 is 0 Å². The molecule has 2 fully saturated rings. The van der Waals surface area contributed by atoms with Gasteiger partial charge in [-0.05, 0) is 6.92 Å². The van der Waals surface area contributed by atoms with Crippen LogP contribution in [-0.2, 0) is 18.9 Å². The molecule has 2 saturated carbocycles. The molecule has 16 heteroatoms. The van der Waals surface area contributed by atoms with Crippen molar-refractivity contribution in [3.63, 3.8) is 0 Å². The maximum absolute atomic E-state index is 14.1. The van der Waals surface area contributed by atoms with E-state index in [0.717, 1.165) is 6.92 Å². The molecular formula is C12H10F12O4. The van der Waals surface area contributed by atoms with E-state index in [2.05, 4.69) is 18.9 Å². The fourth-order valence-corrected chi connectivity index (χ4v) is 2.69. The van der Waals surface area contributed by atoms with Gasteiger partial charge in [0.2, 0.25) is 0 Å². The zero-order chi connectivity index (χ0) is 22.2. The van der Waals surface area contributed by atoms with E-state index < -0.39 is 60.5 Å². The second kappa shape index (κ2) is 5.78. The number of rotatable bonds is 7. The highest BCUT2D eigenvalue weighted by Crippen LogP contribution is 2.70. The Labute approximate surface area is 147 Å². The highest BCUT2D eigenvalue weighted by Gasteiger charge is 3.03. The van der Waals surface area contributed by atoms with Gasteiger partial charge in [0.05, 0.1) is 0 Å². The van der Waals surface area contributed by atoms with E-state index in [1.807, 2.05) is 0 Å². The Morgan fingerprint density at radius 3 is 1.11 bits per heavy atom. The van der Waals surface area contributed by atoms with Crippen molar-refractivity contribution in [2.75, 3.05) is 20.5 Å². The lowest BCUT2D eigenvalue weighted by Crippen LogP contribution is -2.88. The normalized spacial score (nSPS) is 45.2. The van der Waals surface area contributed by atoms with Gasteiger partial charge in [0, 0.05) is 13.7 Å². The van der Waals surface area contributed by atoms with Crippen LogP contribution in [0.3, 0.4) is 0 Å². The van der Waals surface area contributed by atoms with Crippen LogP contribution in [0, 0.1) is 0 Å². The SMILES string of the molecule is CCOC1(F)C(F)(F)C(F)(F)C1(F)OCOC1(F)C(F)(F)C(F)(F)C1(F)OC. The average Bonchev–Trinajstić information content (AvgIpc) is 2.58. The molecule has 2 rings (SSSR count). The van der Waals surface area contributed by atoms with Gasteiger partial charge in [-0.1, -0.05) is 0 Å². The number of ether oxygens (including phenoxy) is 4. The molecule has 0 amide bonds. The molecule has 166 valence electrons. The summed E-state index contributed by atoms with van der Waals surface area (Å²) >= 11 is 0.